The molecular weight excluding hydrogens is 264 g/mol. The van der Waals surface area contributed by atoms with Crippen LogP contribution < -0.4 is 15.4 Å². The Labute approximate surface area is 115 Å². The number of β-lactam (4-membered cyclic amide) rings is 1. The summed E-state index contributed by atoms with van der Waals surface area (Å²) >= 11 is 0. The maximum Gasteiger partial charge on any atom is 0.408 e. The Morgan fingerprint density at radius 1 is 1.35 bits per heavy atom. The van der Waals surface area contributed by atoms with Crippen LogP contribution in [-0.4, -0.2) is 30.6 Å². The van der Waals surface area contributed by atoms with Crippen LogP contribution in [0.1, 0.15) is 12.5 Å². The smallest absolute Gasteiger partial charge is 0.408 e. The highest BCUT2D eigenvalue weighted by Crippen LogP contribution is 2.13. The van der Waals surface area contributed by atoms with Crippen LogP contribution in [0.4, 0.5) is 4.79 Å². The van der Waals surface area contributed by atoms with Gasteiger partial charge in [-0.2, -0.15) is 0 Å². The van der Waals surface area contributed by atoms with E-state index in [2.05, 4.69) is 10.6 Å². The molecule has 0 radical (unpaired) electrons. The minimum Gasteiger partial charge on any atom is -0.445 e. The van der Waals surface area contributed by atoms with E-state index in [4.69, 9.17) is 9.47 Å². The van der Waals surface area contributed by atoms with Crippen molar-refractivity contribution in [2.45, 2.75) is 19.6 Å². The molecule has 1 aromatic carbocycles. The van der Waals surface area contributed by atoms with Gasteiger partial charge in [0.25, 0.3) is 0 Å². The van der Waals surface area contributed by atoms with E-state index >= 15 is 0 Å². The van der Waals surface area contributed by atoms with Gasteiger partial charge in [0.2, 0.25) is 5.91 Å². The molecule has 0 spiro atoms. The van der Waals surface area contributed by atoms with Crippen LogP contribution in [0.3, 0.4) is 0 Å². The van der Waals surface area contributed by atoms with Crippen molar-refractivity contribution in [3.8, 4) is 5.75 Å². The molecule has 1 fully saturated rings. The Balaban J connectivity index is 1.77. The molecule has 1 heterocycles. The standard InChI is InChI=1S/C13H14N2O5/c1-8(16)20-10-4-2-9(3-5-10)7-19-13(18)15-11-6-14-12(11)17/h2-5,11H,6-7H2,1H3,(H,14,17)(H,15,18)/t11-/m0/s1. The van der Waals surface area contributed by atoms with Gasteiger partial charge in [0.05, 0.1) is 0 Å². The zero-order valence-electron chi connectivity index (χ0n) is 10.8. The van der Waals surface area contributed by atoms with E-state index in [9.17, 15) is 14.4 Å². The van der Waals surface area contributed by atoms with E-state index in [1.165, 1.54) is 6.92 Å². The minimum atomic E-state index is -0.645. The zero-order valence-corrected chi connectivity index (χ0v) is 10.8. The number of amides is 2. The summed E-state index contributed by atoms with van der Waals surface area (Å²) < 4.78 is 9.84. The van der Waals surface area contributed by atoms with E-state index in [0.717, 1.165) is 5.56 Å². The first kappa shape index (κ1) is 13.9. The van der Waals surface area contributed by atoms with Crippen LogP contribution in [0.2, 0.25) is 0 Å². The quantitative estimate of drug-likeness (QED) is 0.470. The summed E-state index contributed by atoms with van der Waals surface area (Å²) in [7, 11) is 0. The molecule has 0 aliphatic carbocycles. The fraction of sp³-hybridized carbons (Fsp3) is 0.308. The summed E-state index contributed by atoms with van der Waals surface area (Å²) in [6.07, 6.45) is -0.645. The number of carbonyl (C=O) groups is 3. The highest BCUT2D eigenvalue weighted by molar-refractivity contribution is 5.90. The zero-order chi connectivity index (χ0) is 14.5. The number of alkyl carbamates (subject to hydrolysis) is 1. The van der Waals surface area contributed by atoms with E-state index in [0.29, 0.717) is 12.3 Å². The van der Waals surface area contributed by atoms with Crippen molar-refractivity contribution >= 4 is 18.0 Å². The number of esters is 1. The molecule has 0 bridgehead atoms. The number of hydrogen-bond acceptors (Lipinski definition) is 5. The highest BCUT2D eigenvalue weighted by atomic mass is 16.5. The number of hydrogen-bond donors (Lipinski definition) is 2. The van der Waals surface area contributed by atoms with E-state index < -0.39 is 18.1 Å². The summed E-state index contributed by atoms with van der Waals surface area (Å²) in [4.78, 5) is 33.1. The van der Waals surface area contributed by atoms with Gasteiger partial charge >= 0.3 is 12.1 Å². The Kier molecular flexibility index (Phi) is 4.19. The lowest BCUT2D eigenvalue weighted by molar-refractivity contribution is -0.132. The third-order valence-corrected chi connectivity index (χ3v) is 2.64. The molecular formula is C13H14N2O5. The average molecular weight is 278 g/mol. The number of benzene rings is 1. The van der Waals surface area contributed by atoms with Crippen LogP contribution in [0.15, 0.2) is 24.3 Å². The maximum atomic E-state index is 11.4. The Morgan fingerprint density at radius 3 is 2.55 bits per heavy atom. The largest absolute Gasteiger partial charge is 0.445 e. The van der Waals surface area contributed by atoms with Crippen molar-refractivity contribution in [1.29, 1.82) is 0 Å². The van der Waals surface area contributed by atoms with Crippen molar-refractivity contribution in [1.82, 2.24) is 10.6 Å². The molecule has 1 aliphatic heterocycles. The SMILES string of the molecule is CC(=O)Oc1ccc(COC(=O)N[C@H]2CNC2=O)cc1. The molecule has 7 heteroatoms. The van der Waals surface area contributed by atoms with Crippen molar-refractivity contribution in [2.24, 2.45) is 0 Å². The summed E-state index contributed by atoms with van der Waals surface area (Å²) in [5.41, 5.74) is 0.745. The van der Waals surface area contributed by atoms with Gasteiger partial charge in [0.15, 0.2) is 0 Å². The van der Waals surface area contributed by atoms with Crippen LogP contribution in [0.25, 0.3) is 0 Å². The molecule has 1 aromatic rings. The lowest BCUT2D eigenvalue weighted by Crippen LogP contribution is -2.61. The molecule has 7 nitrogen and oxygen atoms in total. The number of carbonyl (C=O) groups excluding carboxylic acids is 3. The monoisotopic (exact) mass is 278 g/mol. The van der Waals surface area contributed by atoms with Gasteiger partial charge in [0.1, 0.15) is 18.4 Å². The Hall–Kier alpha value is -2.57. The fourth-order valence-corrected chi connectivity index (χ4v) is 1.56. The molecule has 20 heavy (non-hydrogen) atoms. The third-order valence-electron chi connectivity index (χ3n) is 2.64. The van der Waals surface area contributed by atoms with Gasteiger partial charge in [-0.1, -0.05) is 12.1 Å². The second kappa shape index (κ2) is 6.05. The lowest BCUT2D eigenvalue weighted by Gasteiger charge is -2.26. The second-order valence-corrected chi connectivity index (χ2v) is 4.26. The second-order valence-electron chi connectivity index (χ2n) is 4.26. The molecule has 0 saturated carbocycles. The van der Waals surface area contributed by atoms with Gasteiger partial charge in [-0.25, -0.2) is 4.79 Å². The van der Waals surface area contributed by atoms with Crippen molar-refractivity contribution < 1.29 is 23.9 Å². The normalized spacial score (nSPS) is 16.6. The fourth-order valence-electron chi connectivity index (χ4n) is 1.56. The summed E-state index contributed by atoms with van der Waals surface area (Å²) in [6.45, 7) is 1.81. The molecule has 106 valence electrons. The van der Waals surface area contributed by atoms with Crippen molar-refractivity contribution in [3.05, 3.63) is 29.8 Å². The molecule has 1 atom stereocenters. The Bertz CT molecular complexity index is 526. The molecule has 0 aromatic heterocycles. The van der Waals surface area contributed by atoms with Crippen molar-refractivity contribution in [3.63, 3.8) is 0 Å². The van der Waals surface area contributed by atoms with Gasteiger partial charge in [-0.05, 0) is 17.7 Å². The van der Waals surface area contributed by atoms with Crippen LogP contribution in [0, 0.1) is 0 Å². The number of ether oxygens (including phenoxy) is 2. The third kappa shape index (κ3) is 3.71. The van der Waals surface area contributed by atoms with Crippen molar-refractivity contribution in [2.75, 3.05) is 6.54 Å². The number of nitrogens with one attached hydrogen (secondary N) is 2. The molecule has 2 amide bonds. The first-order valence-corrected chi connectivity index (χ1v) is 6.03. The summed E-state index contributed by atoms with van der Waals surface area (Å²) in [6, 6.07) is 6.08. The molecule has 2 N–H and O–H groups in total. The lowest BCUT2D eigenvalue weighted by atomic mass is 10.2. The predicted molar refractivity (Wildman–Crippen MR) is 67.9 cm³/mol. The van der Waals surface area contributed by atoms with Gasteiger partial charge in [-0.3, -0.25) is 9.59 Å². The van der Waals surface area contributed by atoms with Gasteiger partial charge in [-0.15, -0.1) is 0 Å². The van der Waals surface area contributed by atoms with E-state index in [1.54, 1.807) is 24.3 Å². The van der Waals surface area contributed by atoms with Gasteiger partial charge in [0, 0.05) is 13.5 Å². The average Bonchev–Trinajstić information content (AvgIpc) is 2.42. The topological polar surface area (TPSA) is 93.7 Å². The molecule has 1 aliphatic rings. The van der Waals surface area contributed by atoms with Crippen LogP contribution >= 0.6 is 0 Å². The molecule has 1 saturated heterocycles. The highest BCUT2D eigenvalue weighted by Gasteiger charge is 2.29. The van der Waals surface area contributed by atoms with E-state index in [1.807, 2.05) is 0 Å². The van der Waals surface area contributed by atoms with Crippen LogP contribution in [0.5, 0.6) is 5.75 Å². The van der Waals surface area contributed by atoms with Crippen LogP contribution in [-0.2, 0) is 20.9 Å². The molecule has 0 unspecified atom stereocenters. The predicted octanol–water partition coefficient (Wildman–Crippen LogP) is 0.336. The first-order valence-electron chi connectivity index (χ1n) is 6.03. The summed E-state index contributed by atoms with van der Waals surface area (Å²) in [5, 5.41) is 4.94. The maximum absolute atomic E-state index is 11.4. The van der Waals surface area contributed by atoms with Gasteiger partial charge < -0.3 is 20.1 Å². The molecule has 2 rings (SSSR count). The summed E-state index contributed by atoms with van der Waals surface area (Å²) in [5.74, 6) is -0.184. The number of rotatable bonds is 4. The minimum absolute atomic E-state index is 0.0700. The Morgan fingerprint density at radius 2 is 2.05 bits per heavy atom. The first-order chi connectivity index (χ1) is 9.54. The van der Waals surface area contributed by atoms with E-state index in [-0.39, 0.29) is 12.5 Å².